The Kier molecular flexibility index (Phi) is 8.25. The smallest absolute Gasteiger partial charge is 0.254 e. The van der Waals surface area contributed by atoms with Crippen LogP contribution in [0.3, 0.4) is 0 Å². The van der Waals surface area contributed by atoms with Gasteiger partial charge in [-0.3, -0.25) is 14.4 Å². The third-order valence-corrected chi connectivity index (χ3v) is 7.70. The number of para-hydroxylation sites is 1. The van der Waals surface area contributed by atoms with Crippen LogP contribution < -0.4 is 15.1 Å². The largest absolute Gasteiger partial charge is 0.368 e. The maximum Gasteiger partial charge on any atom is 0.254 e. The number of ketones is 1. The van der Waals surface area contributed by atoms with E-state index in [0.29, 0.717) is 56.6 Å². The van der Waals surface area contributed by atoms with Crippen LogP contribution in [0.5, 0.6) is 0 Å². The summed E-state index contributed by atoms with van der Waals surface area (Å²) in [5.41, 5.74) is 4.41. The van der Waals surface area contributed by atoms with Crippen LogP contribution in [-0.2, 0) is 16.1 Å². The van der Waals surface area contributed by atoms with Crippen LogP contribution in [0.4, 0.5) is 17.1 Å². The van der Waals surface area contributed by atoms with Crippen LogP contribution in [0.25, 0.3) is 0 Å². The minimum Gasteiger partial charge on any atom is -0.368 e. The molecule has 5 rings (SSSR count). The van der Waals surface area contributed by atoms with Gasteiger partial charge in [0, 0.05) is 56.8 Å². The lowest BCUT2D eigenvalue weighted by atomic mass is 9.99. The number of hydrogen-bond donors (Lipinski definition) is 1. The minimum absolute atomic E-state index is 0.0189. The first-order chi connectivity index (χ1) is 19.0. The monoisotopic (exact) mass is 524 g/mol. The van der Waals surface area contributed by atoms with E-state index in [1.54, 1.807) is 0 Å². The first-order valence-electron chi connectivity index (χ1n) is 13.9. The van der Waals surface area contributed by atoms with Crippen LogP contribution in [0.2, 0.25) is 0 Å². The highest BCUT2D eigenvalue weighted by molar-refractivity contribution is 6.05. The van der Waals surface area contributed by atoms with E-state index in [2.05, 4.69) is 39.4 Å². The molecular weight excluding hydrogens is 488 g/mol. The van der Waals surface area contributed by atoms with Gasteiger partial charge >= 0.3 is 0 Å². The number of nitrogens with zero attached hydrogens (tertiary/aromatic N) is 3. The van der Waals surface area contributed by atoms with Crippen LogP contribution in [0.1, 0.15) is 48.5 Å². The Bertz CT molecular complexity index is 1300. The molecule has 1 atom stereocenters. The van der Waals surface area contributed by atoms with Crippen molar-refractivity contribution >= 4 is 34.7 Å². The summed E-state index contributed by atoms with van der Waals surface area (Å²) in [6.45, 7) is 5.30. The topological polar surface area (TPSA) is 73.0 Å². The number of Topliss-reactive ketones (excluding diaryl/α,β-unsaturated/α-hetero) is 1. The number of rotatable bonds is 9. The number of piperazine rings is 1. The highest BCUT2D eigenvalue weighted by Crippen LogP contribution is 2.36. The summed E-state index contributed by atoms with van der Waals surface area (Å²) < 4.78 is 0. The molecule has 1 N–H and O–H groups in total. The standard InChI is InChI=1S/C32H36N4O3/c1-2-27(37)14-9-15-30-31(38)33-28-22-25(16-17-29(28)36(30)23-24-10-5-3-6-11-24)32(39)35-20-18-34(19-21-35)26-12-7-4-8-13-26/h3-8,10-13,16-17,22,30H,2,9,14-15,18-21,23H2,1H3,(H,33,38). The highest BCUT2D eigenvalue weighted by atomic mass is 16.2. The van der Waals surface area contributed by atoms with Crippen molar-refractivity contribution in [1.82, 2.24) is 4.90 Å². The molecule has 0 aromatic heterocycles. The molecule has 3 aromatic carbocycles. The lowest BCUT2D eigenvalue weighted by Gasteiger charge is -2.39. The first-order valence-corrected chi connectivity index (χ1v) is 13.9. The quantitative estimate of drug-likeness (QED) is 0.420. The molecule has 1 saturated heterocycles. The summed E-state index contributed by atoms with van der Waals surface area (Å²) >= 11 is 0. The van der Waals surface area contributed by atoms with Gasteiger partial charge in [0.1, 0.15) is 11.8 Å². The summed E-state index contributed by atoms with van der Waals surface area (Å²) in [7, 11) is 0. The zero-order valence-corrected chi connectivity index (χ0v) is 22.5. The van der Waals surface area contributed by atoms with Gasteiger partial charge in [-0.05, 0) is 48.7 Å². The Morgan fingerprint density at radius 2 is 1.59 bits per heavy atom. The van der Waals surface area contributed by atoms with Gasteiger partial charge in [0.15, 0.2) is 0 Å². The molecule has 7 heteroatoms. The minimum atomic E-state index is -0.380. The predicted molar refractivity (Wildman–Crippen MR) is 155 cm³/mol. The molecule has 2 aliphatic heterocycles. The van der Waals surface area contributed by atoms with E-state index >= 15 is 0 Å². The fourth-order valence-corrected chi connectivity index (χ4v) is 5.47. The SMILES string of the molecule is CCC(=O)CCCC1C(=O)Nc2cc(C(=O)N3CCN(c4ccccc4)CC3)ccc2N1Cc1ccccc1. The van der Waals surface area contributed by atoms with Gasteiger partial charge in [-0.2, -0.15) is 0 Å². The number of anilines is 3. The molecule has 202 valence electrons. The zero-order chi connectivity index (χ0) is 27.2. The predicted octanol–water partition coefficient (Wildman–Crippen LogP) is 5.13. The van der Waals surface area contributed by atoms with Gasteiger partial charge in [0.25, 0.3) is 5.91 Å². The Labute approximate surface area is 230 Å². The zero-order valence-electron chi connectivity index (χ0n) is 22.5. The number of hydrogen-bond acceptors (Lipinski definition) is 5. The molecule has 7 nitrogen and oxygen atoms in total. The molecule has 0 saturated carbocycles. The molecule has 0 radical (unpaired) electrons. The van der Waals surface area contributed by atoms with Crippen molar-refractivity contribution in [1.29, 1.82) is 0 Å². The van der Waals surface area contributed by atoms with E-state index in [0.717, 1.165) is 24.3 Å². The van der Waals surface area contributed by atoms with Crippen LogP contribution in [0.15, 0.2) is 78.9 Å². The van der Waals surface area contributed by atoms with Crippen molar-refractivity contribution in [3.63, 3.8) is 0 Å². The second-order valence-electron chi connectivity index (χ2n) is 10.2. The fourth-order valence-electron chi connectivity index (χ4n) is 5.47. The van der Waals surface area contributed by atoms with Crippen molar-refractivity contribution in [2.24, 2.45) is 0 Å². The summed E-state index contributed by atoms with van der Waals surface area (Å²) in [6.07, 6.45) is 2.26. The maximum atomic E-state index is 13.4. The highest BCUT2D eigenvalue weighted by Gasteiger charge is 2.33. The Morgan fingerprint density at radius 3 is 2.28 bits per heavy atom. The summed E-state index contributed by atoms with van der Waals surface area (Å²) in [4.78, 5) is 44.9. The van der Waals surface area contributed by atoms with Gasteiger partial charge in [0.2, 0.25) is 5.91 Å². The van der Waals surface area contributed by atoms with Gasteiger partial charge in [0.05, 0.1) is 11.4 Å². The van der Waals surface area contributed by atoms with Crippen molar-refractivity contribution in [3.8, 4) is 0 Å². The second kappa shape index (κ2) is 12.2. The third-order valence-electron chi connectivity index (χ3n) is 7.70. The molecule has 2 heterocycles. The molecule has 2 aliphatic rings. The van der Waals surface area contributed by atoms with Crippen molar-refractivity contribution in [2.45, 2.75) is 45.2 Å². The van der Waals surface area contributed by atoms with Crippen molar-refractivity contribution < 1.29 is 14.4 Å². The van der Waals surface area contributed by atoms with E-state index < -0.39 is 0 Å². The lowest BCUT2D eigenvalue weighted by Crippen LogP contribution is -2.49. The van der Waals surface area contributed by atoms with Gasteiger partial charge < -0.3 is 20.0 Å². The molecule has 3 aromatic rings. The summed E-state index contributed by atoms with van der Waals surface area (Å²) in [5.74, 6) is 0.104. The molecular formula is C32H36N4O3. The second-order valence-corrected chi connectivity index (χ2v) is 10.2. The number of amides is 2. The van der Waals surface area contributed by atoms with Crippen LogP contribution in [-0.4, -0.2) is 54.7 Å². The normalized spacial score (nSPS) is 17.0. The van der Waals surface area contributed by atoms with E-state index in [1.165, 1.54) is 5.69 Å². The average Bonchev–Trinajstić information content (AvgIpc) is 2.98. The molecule has 0 bridgehead atoms. The third kappa shape index (κ3) is 6.14. The molecule has 0 aliphatic carbocycles. The molecule has 2 amide bonds. The number of carbonyl (C=O) groups is 3. The lowest BCUT2D eigenvalue weighted by molar-refractivity contribution is -0.120. The summed E-state index contributed by atoms with van der Waals surface area (Å²) in [5, 5.41) is 3.06. The van der Waals surface area contributed by atoms with E-state index in [4.69, 9.17) is 0 Å². The Balaban J connectivity index is 1.33. The van der Waals surface area contributed by atoms with E-state index in [-0.39, 0.29) is 23.6 Å². The van der Waals surface area contributed by atoms with Gasteiger partial charge in [-0.15, -0.1) is 0 Å². The first kappa shape index (κ1) is 26.5. The average molecular weight is 525 g/mol. The maximum absolute atomic E-state index is 13.4. The van der Waals surface area contributed by atoms with Crippen molar-refractivity contribution in [2.75, 3.05) is 41.3 Å². The molecule has 39 heavy (non-hydrogen) atoms. The number of nitrogens with one attached hydrogen (secondary N) is 1. The van der Waals surface area contributed by atoms with Gasteiger partial charge in [-0.1, -0.05) is 55.5 Å². The van der Waals surface area contributed by atoms with Crippen LogP contribution >= 0.6 is 0 Å². The molecule has 0 spiro atoms. The Hall–Kier alpha value is -4.13. The molecule has 1 fully saturated rings. The Morgan fingerprint density at radius 1 is 0.897 bits per heavy atom. The number of carbonyl (C=O) groups excluding carboxylic acids is 3. The van der Waals surface area contributed by atoms with Crippen molar-refractivity contribution in [3.05, 3.63) is 90.0 Å². The number of benzene rings is 3. The molecule has 1 unspecified atom stereocenters. The van der Waals surface area contributed by atoms with E-state index in [1.807, 2.05) is 66.4 Å². The fraction of sp³-hybridized carbons (Fsp3) is 0.344. The van der Waals surface area contributed by atoms with Gasteiger partial charge in [-0.25, -0.2) is 0 Å². The van der Waals surface area contributed by atoms with Crippen LogP contribution in [0, 0.1) is 0 Å². The van der Waals surface area contributed by atoms with E-state index in [9.17, 15) is 14.4 Å². The summed E-state index contributed by atoms with van der Waals surface area (Å²) in [6, 6.07) is 25.6. The number of fused-ring (bicyclic) bond motifs is 1.